The first-order valence-electron chi connectivity index (χ1n) is 4.16. The third kappa shape index (κ3) is 3.31. The van der Waals surface area contributed by atoms with Crippen LogP contribution in [-0.2, 0) is 0 Å². The second-order valence-corrected chi connectivity index (χ2v) is 3.43. The van der Waals surface area contributed by atoms with Crippen LogP contribution in [0.5, 0.6) is 5.75 Å². The van der Waals surface area contributed by atoms with Gasteiger partial charge in [-0.3, -0.25) is 10.7 Å². The first kappa shape index (κ1) is 12.7. The molecule has 0 spiro atoms. The van der Waals surface area contributed by atoms with Gasteiger partial charge in [0.15, 0.2) is 5.75 Å². The average Bonchev–Trinajstić information content (AvgIpc) is 2.25. The van der Waals surface area contributed by atoms with Crippen LogP contribution in [-0.4, -0.2) is 18.2 Å². The highest BCUT2D eigenvalue weighted by molar-refractivity contribution is 6.37. The fourth-order valence-electron chi connectivity index (χ4n) is 0.976. The van der Waals surface area contributed by atoms with Gasteiger partial charge in [-0.1, -0.05) is 29.1 Å². The van der Waals surface area contributed by atoms with Gasteiger partial charge in [-0.25, -0.2) is 4.99 Å². The maximum Gasteiger partial charge on any atom is 0.158 e. The highest BCUT2D eigenvalue weighted by Gasteiger charge is 2.08. The number of terminal acetylenes is 1. The number of nitrogens with zero attached hydrogens (tertiary/aromatic N) is 1. The second-order valence-electron chi connectivity index (χ2n) is 2.62. The molecule has 0 unspecified atom stereocenters. The summed E-state index contributed by atoms with van der Waals surface area (Å²) in [5, 5.41) is 8.92. The Bertz CT molecular complexity index is 418. The van der Waals surface area contributed by atoms with E-state index in [2.05, 4.69) is 10.9 Å². The van der Waals surface area contributed by atoms with Crippen LogP contribution in [0.1, 0.15) is 0 Å². The summed E-state index contributed by atoms with van der Waals surface area (Å²) in [5.41, 5.74) is 2.24. The van der Waals surface area contributed by atoms with Gasteiger partial charge < -0.3 is 4.74 Å². The molecule has 0 saturated carbocycles. The van der Waals surface area contributed by atoms with Crippen molar-refractivity contribution in [3.8, 4) is 18.1 Å². The highest BCUT2D eigenvalue weighted by atomic mass is 35.5. The Balaban J connectivity index is 2.98. The van der Waals surface area contributed by atoms with Gasteiger partial charge >= 0.3 is 0 Å². The molecule has 1 aromatic rings. The van der Waals surface area contributed by atoms with E-state index in [1.807, 2.05) is 0 Å². The molecule has 0 saturated heterocycles. The normalized spacial score (nSPS) is 10.1. The summed E-state index contributed by atoms with van der Waals surface area (Å²) in [4.78, 5) is 3.82. The van der Waals surface area contributed by atoms with Crippen LogP contribution >= 0.6 is 23.2 Å². The molecular weight excluding hydrogens is 251 g/mol. The minimum absolute atomic E-state index is 0.0836. The molecule has 1 aromatic carbocycles. The standard InChI is InChI=1S/C10H8Cl2N2O2/c1-2-3-16-10-8(11)4-7(5-9(10)12)13-6-14-15/h1,4-6,15H,3H2,(H,13,14). The van der Waals surface area contributed by atoms with E-state index in [4.69, 9.17) is 39.6 Å². The third-order valence-electron chi connectivity index (χ3n) is 1.55. The molecule has 0 amide bonds. The van der Waals surface area contributed by atoms with Gasteiger partial charge in [0, 0.05) is 0 Å². The van der Waals surface area contributed by atoms with Crippen LogP contribution in [0, 0.1) is 12.3 Å². The number of hydrogen-bond donors (Lipinski definition) is 2. The van der Waals surface area contributed by atoms with E-state index in [9.17, 15) is 0 Å². The summed E-state index contributed by atoms with van der Waals surface area (Å²) < 4.78 is 5.16. The lowest BCUT2D eigenvalue weighted by Gasteiger charge is -2.07. The molecule has 0 atom stereocenters. The Kier molecular flexibility index (Phi) is 4.93. The molecule has 2 N–H and O–H groups in total. The van der Waals surface area contributed by atoms with Crippen molar-refractivity contribution < 1.29 is 9.94 Å². The molecule has 0 fully saturated rings. The first-order valence-corrected chi connectivity index (χ1v) is 4.92. The quantitative estimate of drug-likeness (QED) is 0.378. The van der Waals surface area contributed by atoms with Crippen LogP contribution in [0.2, 0.25) is 10.0 Å². The van der Waals surface area contributed by atoms with Crippen molar-refractivity contribution in [2.75, 3.05) is 6.61 Å². The molecule has 16 heavy (non-hydrogen) atoms. The highest BCUT2D eigenvalue weighted by Crippen LogP contribution is 2.36. The summed E-state index contributed by atoms with van der Waals surface area (Å²) in [6.45, 7) is 0.0836. The molecule has 84 valence electrons. The molecule has 0 aliphatic carbocycles. The van der Waals surface area contributed by atoms with Crippen molar-refractivity contribution in [2.45, 2.75) is 0 Å². The zero-order chi connectivity index (χ0) is 12.0. The summed E-state index contributed by atoms with van der Waals surface area (Å²) in [6, 6.07) is 3.07. The Labute approximate surface area is 103 Å². The first-order chi connectivity index (χ1) is 7.69. The summed E-state index contributed by atoms with van der Waals surface area (Å²) in [6.07, 6.45) is 6.14. The molecule has 0 heterocycles. The smallest absolute Gasteiger partial charge is 0.158 e. The topological polar surface area (TPSA) is 53.8 Å². The average molecular weight is 259 g/mol. The van der Waals surface area contributed by atoms with Gasteiger partial charge in [0.1, 0.15) is 12.9 Å². The number of aliphatic imine (C=N–C) groups is 1. The fourth-order valence-corrected chi connectivity index (χ4v) is 1.56. The van der Waals surface area contributed by atoms with Crippen molar-refractivity contribution in [1.29, 1.82) is 0 Å². The number of nitrogens with one attached hydrogen (secondary N) is 1. The van der Waals surface area contributed by atoms with Gasteiger partial charge in [0.2, 0.25) is 0 Å². The van der Waals surface area contributed by atoms with E-state index in [-0.39, 0.29) is 6.61 Å². The lowest BCUT2D eigenvalue weighted by molar-refractivity contribution is 0.240. The number of rotatable bonds is 4. The maximum atomic E-state index is 8.32. The van der Waals surface area contributed by atoms with Crippen molar-refractivity contribution >= 4 is 35.2 Å². The van der Waals surface area contributed by atoms with E-state index < -0.39 is 0 Å². The van der Waals surface area contributed by atoms with Crippen LogP contribution in [0.3, 0.4) is 0 Å². The summed E-state index contributed by atoms with van der Waals surface area (Å²) >= 11 is 11.8. The Hall–Kier alpha value is -1.41. The van der Waals surface area contributed by atoms with E-state index >= 15 is 0 Å². The lowest BCUT2D eigenvalue weighted by atomic mass is 10.3. The molecule has 0 aliphatic heterocycles. The zero-order valence-corrected chi connectivity index (χ0v) is 9.59. The molecule has 0 radical (unpaired) electrons. The molecule has 1 rings (SSSR count). The number of halogens is 2. The molecular formula is C10H8Cl2N2O2. The molecule has 0 bridgehead atoms. The molecule has 0 aromatic heterocycles. The molecule has 4 nitrogen and oxygen atoms in total. The van der Waals surface area contributed by atoms with E-state index in [1.165, 1.54) is 12.1 Å². The van der Waals surface area contributed by atoms with Crippen LogP contribution in [0.4, 0.5) is 5.69 Å². The van der Waals surface area contributed by atoms with Crippen molar-refractivity contribution in [2.24, 2.45) is 4.99 Å². The molecule has 6 heteroatoms. The zero-order valence-electron chi connectivity index (χ0n) is 8.08. The van der Waals surface area contributed by atoms with Crippen molar-refractivity contribution in [3.05, 3.63) is 22.2 Å². The Morgan fingerprint density at radius 2 is 2.12 bits per heavy atom. The minimum atomic E-state index is 0.0836. The second kappa shape index (κ2) is 6.23. The number of benzene rings is 1. The van der Waals surface area contributed by atoms with Crippen LogP contribution in [0.15, 0.2) is 17.1 Å². The lowest BCUT2D eigenvalue weighted by Crippen LogP contribution is -2.01. The fraction of sp³-hybridized carbons (Fsp3) is 0.100. The summed E-state index contributed by atoms with van der Waals surface area (Å²) in [5.74, 6) is 2.62. The summed E-state index contributed by atoms with van der Waals surface area (Å²) in [7, 11) is 0. The van der Waals surface area contributed by atoms with Gasteiger partial charge in [-0.2, -0.15) is 0 Å². The number of hydrogen-bond acceptors (Lipinski definition) is 3. The predicted octanol–water partition coefficient (Wildman–Crippen LogP) is 2.64. The van der Waals surface area contributed by atoms with E-state index in [0.717, 1.165) is 6.34 Å². The predicted molar refractivity (Wildman–Crippen MR) is 63.9 cm³/mol. The van der Waals surface area contributed by atoms with Crippen LogP contribution < -0.4 is 10.2 Å². The van der Waals surface area contributed by atoms with Gasteiger partial charge in [0.25, 0.3) is 0 Å². The van der Waals surface area contributed by atoms with E-state index in [0.29, 0.717) is 21.5 Å². The van der Waals surface area contributed by atoms with Gasteiger partial charge in [-0.05, 0) is 12.1 Å². The number of ether oxygens (including phenoxy) is 1. The van der Waals surface area contributed by atoms with Gasteiger partial charge in [-0.15, -0.1) is 6.42 Å². The van der Waals surface area contributed by atoms with Crippen molar-refractivity contribution in [3.63, 3.8) is 0 Å². The Morgan fingerprint density at radius 1 is 1.50 bits per heavy atom. The number of hydroxylamine groups is 1. The van der Waals surface area contributed by atoms with Gasteiger partial charge in [0.05, 0.1) is 15.7 Å². The maximum absolute atomic E-state index is 8.32. The SMILES string of the molecule is C#CCOc1c(Cl)cc(N=CNO)cc1Cl. The monoisotopic (exact) mass is 258 g/mol. The third-order valence-corrected chi connectivity index (χ3v) is 2.12. The Morgan fingerprint density at radius 3 is 2.62 bits per heavy atom. The van der Waals surface area contributed by atoms with Crippen molar-refractivity contribution in [1.82, 2.24) is 5.48 Å². The van der Waals surface area contributed by atoms with E-state index in [1.54, 1.807) is 5.48 Å². The van der Waals surface area contributed by atoms with Crippen LogP contribution in [0.25, 0.3) is 0 Å². The largest absolute Gasteiger partial charge is 0.478 e. The minimum Gasteiger partial charge on any atom is -0.478 e. The molecule has 0 aliphatic rings.